The van der Waals surface area contributed by atoms with E-state index in [1.807, 2.05) is 31.2 Å². The van der Waals surface area contributed by atoms with Crippen LogP contribution >= 0.6 is 0 Å². The molecule has 10 heteroatoms. The largest absolute Gasteiger partial charge is 0.497 e. The number of hydrogen-bond donors (Lipinski definition) is 2. The van der Waals surface area contributed by atoms with Gasteiger partial charge in [0.1, 0.15) is 22.7 Å². The summed E-state index contributed by atoms with van der Waals surface area (Å²) in [6.45, 7) is 4.34. The lowest BCUT2D eigenvalue weighted by atomic mass is 9.95. The summed E-state index contributed by atoms with van der Waals surface area (Å²) < 4.78 is 12.0. The minimum atomic E-state index is -1.18. The molecule has 1 unspecified atom stereocenters. The molecule has 0 saturated carbocycles. The maximum Gasteiger partial charge on any atom is 0.272 e. The quantitative estimate of drug-likeness (QED) is 0.486. The molecule has 1 aliphatic heterocycles. The zero-order valence-corrected chi connectivity index (χ0v) is 21.6. The fourth-order valence-electron chi connectivity index (χ4n) is 4.18. The average molecular weight is 506 g/mol. The molecule has 2 heterocycles. The van der Waals surface area contributed by atoms with Crippen LogP contribution in [-0.4, -0.2) is 59.2 Å². The number of hydrogen-bond acceptors (Lipinski definition) is 6. The van der Waals surface area contributed by atoms with Crippen molar-refractivity contribution in [3.63, 3.8) is 0 Å². The van der Waals surface area contributed by atoms with Crippen LogP contribution in [-0.2, 0) is 24.4 Å². The van der Waals surface area contributed by atoms with Crippen LogP contribution in [0.25, 0.3) is 0 Å². The normalized spacial score (nSPS) is 16.7. The third-order valence-electron chi connectivity index (χ3n) is 6.73. The molecule has 2 aromatic carbocycles. The van der Waals surface area contributed by atoms with Crippen molar-refractivity contribution in [3.05, 3.63) is 76.6 Å². The number of ether oxygens (including phenoxy) is 2. The average Bonchev–Trinajstić information content (AvgIpc) is 3.33. The first kappa shape index (κ1) is 25.7. The maximum absolute atomic E-state index is 13.2. The highest BCUT2D eigenvalue weighted by Gasteiger charge is 2.46. The van der Waals surface area contributed by atoms with Crippen molar-refractivity contribution >= 4 is 17.7 Å². The van der Waals surface area contributed by atoms with Gasteiger partial charge in [-0.2, -0.15) is 5.10 Å². The SMILES string of the molecule is COc1ccc(CNC(=O)c2cc3n(n2)CC(C)(C(=O)NCc2ccc(C)cc2)N(C)C3=O)c(OC)c1. The number of aromatic nitrogens is 2. The number of rotatable bonds is 8. The van der Waals surface area contributed by atoms with E-state index in [1.54, 1.807) is 46.4 Å². The van der Waals surface area contributed by atoms with Gasteiger partial charge in [0.15, 0.2) is 5.69 Å². The van der Waals surface area contributed by atoms with Crippen LogP contribution in [0.4, 0.5) is 0 Å². The van der Waals surface area contributed by atoms with Crippen molar-refractivity contribution in [2.24, 2.45) is 0 Å². The minimum absolute atomic E-state index is 0.0912. The van der Waals surface area contributed by atoms with Crippen molar-refractivity contribution < 1.29 is 23.9 Å². The second kappa shape index (κ2) is 10.3. The summed E-state index contributed by atoms with van der Waals surface area (Å²) in [4.78, 5) is 40.6. The fraction of sp³-hybridized carbons (Fsp3) is 0.333. The van der Waals surface area contributed by atoms with Gasteiger partial charge in [-0.15, -0.1) is 0 Å². The third kappa shape index (κ3) is 5.13. The van der Waals surface area contributed by atoms with Gasteiger partial charge in [-0.3, -0.25) is 19.1 Å². The number of carbonyl (C=O) groups excluding carboxylic acids is 3. The first-order chi connectivity index (χ1) is 17.7. The first-order valence-electron chi connectivity index (χ1n) is 11.8. The van der Waals surface area contributed by atoms with E-state index in [9.17, 15) is 14.4 Å². The van der Waals surface area contributed by atoms with Crippen LogP contribution in [0, 0.1) is 6.92 Å². The number of nitrogens with zero attached hydrogens (tertiary/aromatic N) is 3. The number of aryl methyl sites for hydroxylation is 1. The minimum Gasteiger partial charge on any atom is -0.497 e. The summed E-state index contributed by atoms with van der Waals surface area (Å²) in [6, 6.07) is 14.6. The van der Waals surface area contributed by atoms with E-state index in [4.69, 9.17) is 9.47 Å². The molecule has 3 amide bonds. The number of nitrogens with one attached hydrogen (secondary N) is 2. The van der Waals surface area contributed by atoms with Crippen molar-refractivity contribution in [1.82, 2.24) is 25.3 Å². The standard InChI is InChI=1S/C27H31N5O5/c1-17-6-8-18(9-7-17)14-29-26(35)27(2)16-32-22(25(34)31(27)3)13-21(30-32)24(33)28-15-19-10-11-20(36-4)12-23(19)37-5/h6-13H,14-16H2,1-5H3,(H,28,33)(H,29,35). The Morgan fingerprint density at radius 2 is 1.76 bits per heavy atom. The van der Waals surface area contributed by atoms with Crippen molar-refractivity contribution in [3.8, 4) is 11.5 Å². The van der Waals surface area contributed by atoms with Gasteiger partial charge in [0.05, 0.1) is 20.8 Å². The second-order valence-electron chi connectivity index (χ2n) is 9.24. The van der Waals surface area contributed by atoms with Gasteiger partial charge in [-0.25, -0.2) is 0 Å². The summed E-state index contributed by atoms with van der Waals surface area (Å²) in [5, 5.41) is 10.1. The fourth-order valence-corrected chi connectivity index (χ4v) is 4.18. The van der Waals surface area contributed by atoms with Crippen LogP contribution in [0.3, 0.4) is 0 Å². The highest BCUT2D eigenvalue weighted by molar-refractivity contribution is 6.01. The van der Waals surface area contributed by atoms with Gasteiger partial charge < -0.3 is 25.0 Å². The molecule has 1 aromatic heterocycles. The number of amides is 3. The monoisotopic (exact) mass is 505 g/mol. The van der Waals surface area contributed by atoms with E-state index in [0.29, 0.717) is 18.0 Å². The Morgan fingerprint density at radius 3 is 2.43 bits per heavy atom. The smallest absolute Gasteiger partial charge is 0.272 e. The van der Waals surface area contributed by atoms with Gasteiger partial charge in [0.25, 0.3) is 11.8 Å². The molecule has 194 valence electrons. The summed E-state index contributed by atoms with van der Waals surface area (Å²) in [5.74, 6) is 0.0846. The molecule has 1 aliphatic rings. The number of fused-ring (bicyclic) bond motifs is 1. The Hall–Kier alpha value is -4.34. The van der Waals surface area contributed by atoms with E-state index in [2.05, 4.69) is 15.7 Å². The molecule has 10 nitrogen and oxygen atoms in total. The summed E-state index contributed by atoms with van der Waals surface area (Å²) in [7, 11) is 4.69. The molecule has 1 atom stereocenters. The van der Waals surface area contributed by atoms with Crippen molar-refractivity contribution in [2.45, 2.75) is 39.0 Å². The highest BCUT2D eigenvalue weighted by Crippen LogP contribution is 2.27. The molecule has 0 spiro atoms. The van der Waals surface area contributed by atoms with Gasteiger partial charge in [0.2, 0.25) is 5.91 Å². The summed E-state index contributed by atoms with van der Waals surface area (Å²) >= 11 is 0. The predicted molar refractivity (Wildman–Crippen MR) is 136 cm³/mol. The molecular weight excluding hydrogens is 474 g/mol. The van der Waals surface area contributed by atoms with Gasteiger partial charge >= 0.3 is 0 Å². The Bertz CT molecular complexity index is 1330. The lowest BCUT2D eigenvalue weighted by molar-refractivity contribution is -0.132. The third-order valence-corrected chi connectivity index (χ3v) is 6.73. The van der Waals surface area contributed by atoms with E-state index in [1.165, 1.54) is 15.6 Å². The highest BCUT2D eigenvalue weighted by atomic mass is 16.5. The molecule has 0 fully saturated rings. The molecule has 0 saturated heterocycles. The summed E-state index contributed by atoms with van der Waals surface area (Å²) in [5.41, 5.74) is 2.01. The molecule has 3 aromatic rings. The first-order valence-corrected chi connectivity index (χ1v) is 11.8. The predicted octanol–water partition coefficient (Wildman–Crippen LogP) is 2.30. The number of carbonyl (C=O) groups is 3. The molecule has 0 aliphatic carbocycles. The molecule has 4 rings (SSSR count). The van der Waals surface area contributed by atoms with E-state index >= 15 is 0 Å². The molecular formula is C27H31N5O5. The van der Waals surface area contributed by atoms with Gasteiger partial charge in [-0.05, 0) is 31.5 Å². The van der Waals surface area contributed by atoms with Crippen molar-refractivity contribution in [2.75, 3.05) is 21.3 Å². The molecule has 0 bridgehead atoms. The summed E-state index contributed by atoms with van der Waals surface area (Å²) in [6.07, 6.45) is 0. The number of likely N-dealkylation sites (N-methyl/N-ethyl adjacent to an activating group) is 1. The van der Waals surface area contributed by atoms with E-state index in [0.717, 1.165) is 16.7 Å². The van der Waals surface area contributed by atoms with Crippen molar-refractivity contribution in [1.29, 1.82) is 0 Å². The topological polar surface area (TPSA) is 115 Å². The van der Waals surface area contributed by atoms with Gasteiger partial charge in [0, 0.05) is 37.8 Å². The van der Waals surface area contributed by atoms with Gasteiger partial charge in [-0.1, -0.05) is 29.8 Å². The van der Waals surface area contributed by atoms with E-state index in [-0.39, 0.29) is 36.3 Å². The zero-order valence-electron chi connectivity index (χ0n) is 21.6. The van der Waals surface area contributed by atoms with Crippen LogP contribution in [0.2, 0.25) is 0 Å². The maximum atomic E-state index is 13.2. The van der Waals surface area contributed by atoms with Crippen LogP contribution in [0.5, 0.6) is 11.5 Å². The van der Waals surface area contributed by atoms with E-state index < -0.39 is 11.4 Å². The number of benzene rings is 2. The molecule has 37 heavy (non-hydrogen) atoms. The molecule has 2 N–H and O–H groups in total. The van der Waals surface area contributed by atoms with Crippen LogP contribution in [0.1, 0.15) is 44.6 Å². The Kier molecular flexibility index (Phi) is 7.19. The lowest BCUT2D eigenvalue weighted by Crippen LogP contribution is -2.62. The van der Waals surface area contributed by atoms with Crippen LogP contribution in [0.15, 0.2) is 48.5 Å². The Balaban J connectivity index is 1.46. The Morgan fingerprint density at radius 1 is 1.03 bits per heavy atom. The van der Waals surface area contributed by atoms with Crippen LogP contribution < -0.4 is 20.1 Å². The number of methoxy groups -OCH3 is 2. The molecule has 0 radical (unpaired) electrons. The lowest BCUT2D eigenvalue weighted by Gasteiger charge is -2.40. The Labute approximate surface area is 215 Å². The second-order valence-corrected chi connectivity index (χ2v) is 9.24. The zero-order chi connectivity index (χ0) is 26.7.